The lowest BCUT2D eigenvalue weighted by Gasteiger charge is -2.17. The lowest BCUT2D eigenvalue weighted by Crippen LogP contribution is -2.40. The molecule has 2 amide bonds. The van der Waals surface area contributed by atoms with Gasteiger partial charge in [-0.05, 0) is 41.0 Å². The van der Waals surface area contributed by atoms with Crippen molar-refractivity contribution < 1.29 is 24.2 Å². The molecule has 162 valence electrons. The summed E-state index contributed by atoms with van der Waals surface area (Å²) in [6, 6.07) is 16.2. The summed E-state index contributed by atoms with van der Waals surface area (Å²) in [6.07, 6.45) is 1.64. The first-order valence-electron chi connectivity index (χ1n) is 10.6. The van der Waals surface area contributed by atoms with Gasteiger partial charge in [-0.1, -0.05) is 55.0 Å². The zero-order chi connectivity index (χ0) is 21.8. The maximum absolute atomic E-state index is 12.1. The molecule has 7 heteroatoms. The smallest absolute Gasteiger partial charge is 0.407 e. The molecule has 0 radical (unpaired) electrons. The third kappa shape index (κ3) is 4.55. The molecule has 2 atom stereocenters. The van der Waals surface area contributed by atoms with E-state index in [1.165, 1.54) is 0 Å². The van der Waals surface area contributed by atoms with E-state index < -0.39 is 18.0 Å². The van der Waals surface area contributed by atoms with Crippen molar-refractivity contribution in [2.24, 2.45) is 11.8 Å². The standard InChI is InChI=1S/C24H26N2O5/c27-22(25-12-15-6-5-11-16(15)23(28)29)13-26-24(30)31-14-21-19-9-3-1-7-17(19)18-8-2-4-10-20(18)21/h1-4,7-10,15-16,21H,5-6,11-14H2,(H,25,27)(H,26,30)(H,28,29)/t15-,16-/m1/s1. The number of hydrogen-bond acceptors (Lipinski definition) is 4. The quantitative estimate of drug-likeness (QED) is 0.636. The number of hydrogen-bond donors (Lipinski definition) is 3. The van der Waals surface area contributed by atoms with E-state index in [0.29, 0.717) is 13.0 Å². The summed E-state index contributed by atoms with van der Waals surface area (Å²) in [4.78, 5) is 35.4. The average Bonchev–Trinajstić information content (AvgIpc) is 3.38. The molecule has 0 spiro atoms. The fraction of sp³-hybridized carbons (Fsp3) is 0.375. The molecule has 2 aliphatic rings. The van der Waals surface area contributed by atoms with Crippen LogP contribution < -0.4 is 10.6 Å². The number of aliphatic carboxylic acids is 1. The van der Waals surface area contributed by atoms with E-state index in [2.05, 4.69) is 22.8 Å². The van der Waals surface area contributed by atoms with Gasteiger partial charge in [0, 0.05) is 12.5 Å². The minimum absolute atomic E-state index is 0.0395. The Labute approximate surface area is 180 Å². The van der Waals surface area contributed by atoms with Crippen molar-refractivity contribution in [1.82, 2.24) is 10.6 Å². The fourth-order valence-corrected chi connectivity index (χ4v) is 4.72. The van der Waals surface area contributed by atoms with E-state index >= 15 is 0 Å². The van der Waals surface area contributed by atoms with Crippen LogP contribution in [-0.2, 0) is 14.3 Å². The molecule has 0 bridgehead atoms. The monoisotopic (exact) mass is 422 g/mol. The lowest BCUT2D eigenvalue weighted by atomic mass is 9.96. The van der Waals surface area contributed by atoms with Crippen LogP contribution in [0.15, 0.2) is 48.5 Å². The second-order valence-corrected chi connectivity index (χ2v) is 8.12. The Balaban J connectivity index is 1.25. The SMILES string of the molecule is O=C(CNC(=O)OCC1c2ccccc2-c2ccccc21)NC[C@H]1CCC[C@H]1C(=O)O. The van der Waals surface area contributed by atoms with Crippen LogP contribution in [0.1, 0.15) is 36.3 Å². The summed E-state index contributed by atoms with van der Waals surface area (Å²) < 4.78 is 5.41. The molecule has 0 aromatic heterocycles. The first-order chi connectivity index (χ1) is 15.0. The van der Waals surface area contributed by atoms with Crippen molar-refractivity contribution in [2.75, 3.05) is 19.7 Å². The molecule has 4 rings (SSSR count). The maximum atomic E-state index is 12.1. The number of alkyl carbamates (subject to hydrolysis) is 1. The van der Waals surface area contributed by atoms with Crippen LogP contribution in [0.25, 0.3) is 11.1 Å². The molecule has 31 heavy (non-hydrogen) atoms. The van der Waals surface area contributed by atoms with Gasteiger partial charge in [-0.15, -0.1) is 0 Å². The molecule has 0 heterocycles. The second kappa shape index (κ2) is 9.20. The van der Waals surface area contributed by atoms with Gasteiger partial charge in [-0.3, -0.25) is 9.59 Å². The third-order valence-electron chi connectivity index (χ3n) is 6.27. The van der Waals surface area contributed by atoms with Crippen LogP contribution in [0.5, 0.6) is 0 Å². The highest BCUT2D eigenvalue weighted by atomic mass is 16.5. The highest BCUT2D eigenvalue weighted by molar-refractivity contribution is 5.82. The number of benzene rings is 2. The Kier molecular flexibility index (Phi) is 6.21. The Hall–Kier alpha value is -3.35. The molecule has 2 aliphatic carbocycles. The maximum Gasteiger partial charge on any atom is 0.407 e. The highest BCUT2D eigenvalue weighted by Gasteiger charge is 2.33. The topological polar surface area (TPSA) is 105 Å². The zero-order valence-electron chi connectivity index (χ0n) is 17.2. The van der Waals surface area contributed by atoms with Gasteiger partial charge in [0.15, 0.2) is 0 Å². The summed E-state index contributed by atoms with van der Waals surface area (Å²) in [5.41, 5.74) is 4.55. The van der Waals surface area contributed by atoms with E-state index in [0.717, 1.165) is 35.1 Å². The van der Waals surface area contributed by atoms with Gasteiger partial charge in [-0.25, -0.2) is 4.79 Å². The number of carbonyl (C=O) groups is 3. The number of amides is 2. The van der Waals surface area contributed by atoms with Gasteiger partial charge in [0.1, 0.15) is 6.61 Å². The van der Waals surface area contributed by atoms with Crippen LogP contribution in [0.4, 0.5) is 4.79 Å². The Morgan fingerprint density at radius 1 is 0.935 bits per heavy atom. The minimum atomic E-state index is -0.812. The Morgan fingerprint density at radius 3 is 2.23 bits per heavy atom. The molecule has 2 aromatic rings. The van der Waals surface area contributed by atoms with E-state index in [9.17, 15) is 19.5 Å². The number of fused-ring (bicyclic) bond motifs is 3. The number of ether oxygens (including phenoxy) is 1. The summed E-state index contributed by atoms with van der Waals surface area (Å²) in [7, 11) is 0. The summed E-state index contributed by atoms with van der Waals surface area (Å²) in [6.45, 7) is 0.285. The zero-order valence-corrected chi connectivity index (χ0v) is 17.2. The second-order valence-electron chi connectivity index (χ2n) is 8.12. The van der Waals surface area contributed by atoms with E-state index in [-0.39, 0.29) is 30.9 Å². The average molecular weight is 422 g/mol. The third-order valence-corrected chi connectivity index (χ3v) is 6.27. The summed E-state index contributed by atoms with van der Waals surface area (Å²) in [5, 5.41) is 14.4. The molecule has 0 unspecified atom stereocenters. The number of nitrogens with one attached hydrogen (secondary N) is 2. The largest absolute Gasteiger partial charge is 0.481 e. The molecular formula is C24H26N2O5. The molecular weight excluding hydrogens is 396 g/mol. The van der Waals surface area contributed by atoms with Crippen LogP contribution >= 0.6 is 0 Å². The Morgan fingerprint density at radius 2 is 1.58 bits per heavy atom. The van der Waals surface area contributed by atoms with E-state index in [1.807, 2.05) is 36.4 Å². The molecule has 0 saturated heterocycles. The highest BCUT2D eigenvalue weighted by Crippen LogP contribution is 2.44. The molecule has 2 aromatic carbocycles. The summed E-state index contributed by atoms with van der Waals surface area (Å²) in [5.74, 6) is -1.67. The van der Waals surface area contributed by atoms with Crippen molar-refractivity contribution >= 4 is 18.0 Å². The number of rotatable bonds is 7. The van der Waals surface area contributed by atoms with Crippen molar-refractivity contribution in [3.05, 3.63) is 59.7 Å². The van der Waals surface area contributed by atoms with Crippen molar-refractivity contribution in [2.45, 2.75) is 25.2 Å². The number of carboxylic acids is 1. The molecule has 1 fully saturated rings. The molecule has 7 nitrogen and oxygen atoms in total. The van der Waals surface area contributed by atoms with Gasteiger partial charge >= 0.3 is 12.1 Å². The number of carboxylic acid groups (broad SMARTS) is 1. The molecule has 3 N–H and O–H groups in total. The van der Waals surface area contributed by atoms with Gasteiger partial charge in [0.05, 0.1) is 12.5 Å². The van der Waals surface area contributed by atoms with Crippen LogP contribution in [0.3, 0.4) is 0 Å². The predicted octanol–water partition coefficient (Wildman–Crippen LogP) is 3.14. The number of carbonyl (C=O) groups excluding carboxylic acids is 2. The van der Waals surface area contributed by atoms with Crippen LogP contribution in [0.2, 0.25) is 0 Å². The van der Waals surface area contributed by atoms with Crippen LogP contribution in [-0.4, -0.2) is 42.8 Å². The molecule has 0 aliphatic heterocycles. The van der Waals surface area contributed by atoms with Gasteiger partial charge in [0.2, 0.25) is 5.91 Å². The fourth-order valence-electron chi connectivity index (χ4n) is 4.72. The minimum Gasteiger partial charge on any atom is -0.481 e. The normalized spacial score (nSPS) is 19.4. The van der Waals surface area contributed by atoms with Gasteiger partial charge in [0.25, 0.3) is 0 Å². The van der Waals surface area contributed by atoms with Gasteiger partial charge < -0.3 is 20.5 Å². The molecule has 1 saturated carbocycles. The van der Waals surface area contributed by atoms with Crippen molar-refractivity contribution in [3.8, 4) is 11.1 Å². The first kappa shape index (κ1) is 20.9. The lowest BCUT2D eigenvalue weighted by molar-refractivity contribution is -0.143. The summed E-state index contributed by atoms with van der Waals surface area (Å²) >= 11 is 0. The first-order valence-corrected chi connectivity index (χ1v) is 10.6. The van der Waals surface area contributed by atoms with E-state index in [4.69, 9.17) is 4.74 Å². The van der Waals surface area contributed by atoms with Crippen LogP contribution in [0, 0.1) is 11.8 Å². The Bertz CT molecular complexity index is 944. The van der Waals surface area contributed by atoms with Crippen molar-refractivity contribution in [1.29, 1.82) is 0 Å². The van der Waals surface area contributed by atoms with Crippen molar-refractivity contribution in [3.63, 3.8) is 0 Å². The van der Waals surface area contributed by atoms with Gasteiger partial charge in [-0.2, -0.15) is 0 Å². The van der Waals surface area contributed by atoms with E-state index in [1.54, 1.807) is 0 Å². The predicted molar refractivity (Wildman–Crippen MR) is 115 cm³/mol.